The number of aromatic nitrogens is 2. The van der Waals surface area contributed by atoms with Gasteiger partial charge in [-0.25, -0.2) is 0 Å². The summed E-state index contributed by atoms with van der Waals surface area (Å²) < 4.78 is 2.94. The molecule has 1 N–H and O–H groups in total. The number of halogens is 1. The molecule has 3 aromatic rings. The Bertz CT molecular complexity index is 929. The average molecular weight is 438 g/mol. The van der Waals surface area contributed by atoms with Crippen molar-refractivity contribution >= 4 is 21.8 Å². The van der Waals surface area contributed by atoms with Gasteiger partial charge < -0.3 is 5.32 Å². The van der Waals surface area contributed by atoms with E-state index in [2.05, 4.69) is 50.6 Å². The molecule has 1 fully saturated rings. The fourth-order valence-corrected chi connectivity index (χ4v) is 4.46. The van der Waals surface area contributed by atoms with Gasteiger partial charge in [0.15, 0.2) is 0 Å². The van der Waals surface area contributed by atoms with E-state index in [9.17, 15) is 4.79 Å². The van der Waals surface area contributed by atoms with Crippen molar-refractivity contribution in [2.75, 3.05) is 0 Å². The van der Waals surface area contributed by atoms with Crippen molar-refractivity contribution in [1.29, 1.82) is 0 Å². The Morgan fingerprint density at radius 2 is 1.75 bits per heavy atom. The maximum Gasteiger partial charge on any atom is 0.230 e. The Labute approximate surface area is 174 Å². The van der Waals surface area contributed by atoms with Gasteiger partial charge in [-0.05, 0) is 47.7 Å². The first kappa shape index (κ1) is 18.9. The van der Waals surface area contributed by atoms with Crippen LogP contribution >= 0.6 is 15.9 Å². The van der Waals surface area contributed by atoms with E-state index in [1.807, 2.05) is 41.2 Å². The first-order valence-corrected chi connectivity index (χ1v) is 10.6. The molecule has 0 atom stereocenters. The highest BCUT2D eigenvalue weighted by molar-refractivity contribution is 9.10. The number of carbonyl (C=O) groups is 1. The van der Waals surface area contributed by atoms with Gasteiger partial charge in [-0.1, -0.05) is 65.2 Å². The van der Waals surface area contributed by atoms with E-state index < -0.39 is 5.41 Å². The normalized spacial score (nSPS) is 15.5. The minimum atomic E-state index is -0.405. The molecular formula is C23H24BrN3O. The second kappa shape index (κ2) is 8.31. The first-order valence-electron chi connectivity index (χ1n) is 9.76. The van der Waals surface area contributed by atoms with Crippen LogP contribution in [0.1, 0.15) is 42.4 Å². The van der Waals surface area contributed by atoms with E-state index in [0.717, 1.165) is 41.3 Å². The van der Waals surface area contributed by atoms with Crippen LogP contribution in [-0.4, -0.2) is 15.7 Å². The standard InChI is InChI=1S/C23H24BrN3O/c24-21-10-8-20(9-11-21)23(12-3-4-13-23)22(28)25-16-18-6-1-2-7-19(18)17-27-15-5-14-26-27/h1-2,5-11,14-15H,3-4,12-13,16-17H2,(H,25,28). The topological polar surface area (TPSA) is 46.9 Å². The molecule has 2 aromatic carbocycles. The second-order valence-corrected chi connectivity index (χ2v) is 8.37. The van der Waals surface area contributed by atoms with E-state index in [-0.39, 0.29) is 5.91 Å². The molecule has 0 unspecified atom stereocenters. The van der Waals surface area contributed by atoms with Crippen LogP contribution in [0.15, 0.2) is 71.5 Å². The Morgan fingerprint density at radius 1 is 1.04 bits per heavy atom. The first-order chi connectivity index (χ1) is 13.7. The van der Waals surface area contributed by atoms with Crippen LogP contribution in [0.2, 0.25) is 0 Å². The average Bonchev–Trinajstić information content (AvgIpc) is 3.40. The Balaban J connectivity index is 1.51. The largest absolute Gasteiger partial charge is 0.351 e. The molecular weight excluding hydrogens is 414 g/mol. The molecule has 0 bridgehead atoms. The number of nitrogens with zero attached hydrogens (tertiary/aromatic N) is 2. The summed E-state index contributed by atoms with van der Waals surface area (Å²) in [6.07, 6.45) is 7.76. The van der Waals surface area contributed by atoms with Gasteiger partial charge in [-0.2, -0.15) is 5.10 Å². The van der Waals surface area contributed by atoms with Gasteiger partial charge in [0.2, 0.25) is 5.91 Å². The van der Waals surface area contributed by atoms with Gasteiger partial charge in [-0.15, -0.1) is 0 Å². The molecule has 1 amide bonds. The van der Waals surface area contributed by atoms with Gasteiger partial charge in [-0.3, -0.25) is 9.48 Å². The van der Waals surface area contributed by atoms with Crippen LogP contribution in [0, 0.1) is 0 Å². The van der Waals surface area contributed by atoms with E-state index in [4.69, 9.17) is 0 Å². The minimum Gasteiger partial charge on any atom is -0.351 e. The number of rotatable bonds is 6. The quantitative estimate of drug-likeness (QED) is 0.600. The van der Waals surface area contributed by atoms with Gasteiger partial charge in [0, 0.05) is 23.4 Å². The molecule has 28 heavy (non-hydrogen) atoms. The highest BCUT2D eigenvalue weighted by atomic mass is 79.9. The number of carbonyl (C=O) groups excluding carboxylic acids is 1. The van der Waals surface area contributed by atoms with Crippen molar-refractivity contribution in [2.45, 2.75) is 44.2 Å². The lowest BCUT2D eigenvalue weighted by Crippen LogP contribution is -2.42. The van der Waals surface area contributed by atoms with Gasteiger partial charge in [0.05, 0.1) is 12.0 Å². The van der Waals surface area contributed by atoms with Crippen LogP contribution in [0.3, 0.4) is 0 Å². The number of hydrogen-bond donors (Lipinski definition) is 1. The zero-order chi connectivity index (χ0) is 19.4. The van der Waals surface area contributed by atoms with E-state index >= 15 is 0 Å². The van der Waals surface area contributed by atoms with Crippen LogP contribution in [0.4, 0.5) is 0 Å². The van der Waals surface area contributed by atoms with Crippen molar-refractivity contribution < 1.29 is 4.79 Å². The maximum absolute atomic E-state index is 13.3. The molecule has 1 heterocycles. The molecule has 0 spiro atoms. The van der Waals surface area contributed by atoms with Crippen molar-refractivity contribution in [3.8, 4) is 0 Å². The molecule has 4 nitrogen and oxygen atoms in total. The van der Waals surface area contributed by atoms with Gasteiger partial charge >= 0.3 is 0 Å². The number of amides is 1. The maximum atomic E-state index is 13.3. The summed E-state index contributed by atoms with van der Waals surface area (Å²) in [6.45, 7) is 1.24. The summed E-state index contributed by atoms with van der Waals surface area (Å²) in [5.74, 6) is 0.140. The van der Waals surface area contributed by atoms with Crippen molar-refractivity contribution in [3.63, 3.8) is 0 Å². The van der Waals surface area contributed by atoms with Crippen molar-refractivity contribution in [2.24, 2.45) is 0 Å². The Hall–Kier alpha value is -2.40. The van der Waals surface area contributed by atoms with Crippen LogP contribution < -0.4 is 5.32 Å². The van der Waals surface area contributed by atoms with Gasteiger partial charge in [0.1, 0.15) is 0 Å². The lowest BCUT2D eigenvalue weighted by atomic mass is 9.78. The Kier molecular flexibility index (Phi) is 5.62. The SMILES string of the molecule is O=C(NCc1ccccc1Cn1cccn1)C1(c2ccc(Br)cc2)CCCC1. The second-order valence-electron chi connectivity index (χ2n) is 7.45. The molecule has 1 aliphatic rings. The summed E-state index contributed by atoms with van der Waals surface area (Å²) >= 11 is 3.49. The highest BCUT2D eigenvalue weighted by Crippen LogP contribution is 2.41. The zero-order valence-corrected chi connectivity index (χ0v) is 17.4. The third-order valence-electron chi connectivity index (χ3n) is 5.74. The minimum absolute atomic E-state index is 0.140. The zero-order valence-electron chi connectivity index (χ0n) is 15.8. The van der Waals surface area contributed by atoms with Crippen molar-refractivity contribution in [1.82, 2.24) is 15.1 Å². The molecule has 144 valence electrons. The lowest BCUT2D eigenvalue weighted by Gasteiger charge is -2.28. The summed E-state index contributed by atoms with van der Waals surface area (Å²) in [5.41, 5.74) is 3.03. The number of hydrogen-bond acceptors (Lipinski definition) is 2. The van der Waals surface area contributed by atoms with Crippen molar-refractivity contribution in [3.05, 3.63) is 88.2 Å². The summed E-state index contributed by atoms with van der Waals surface area (Å²) in [7, 11) is 0. The predicted octanol–water partition coefficient (Wildman–Crippen LogP) is 4.82. The van der Waals surface area contributed by atoms with E-state index in [0.29, 0.717) is 13.1 Å². The van der Waals surface area contributed by atoms with E-state index in [1.165, 1.54) is 5.56 Å². The summed E-state index contributed by atoms with van der Waals surface area (Å²) in [6, 6.07) is 18.4. The number of benzene rings is 2. The smallest absolute Gasteiger partial charge is 0.230 e. The third-order valence-corrected chi connectivity index (χ3v) is 6.27. The van der Waals surface area contributed by atoms with Gasteiger partial charge in [0.25, 0.3) is 0 Å². The van der Waals surface area contributed by atoms with Crippen LogP contribution in [0.5, 0.6) is 0 Å². The number of nitrogens with one attached hydrogen (secondary N) is 1. The third kappa shape index (κ3) is 3.90. The predicted molar refractivity (Wildman–Crippen MR) is 114 cm³/mol. The Morgan fingerprint density at radius 3 is 2.43 bits per heavy atom. The highest BCUT2D eigenvalue weighted by Gasteiger charge is 2.42. The summed E-state index contributed by atoms with van der Waals surface area (Å²) in [5, 5.41) is 7.53. The van der Waals surface area contributed by atoms with Crippen LogP contribution in [0.25, 0.3) is 0 Å². The van der Waals surface area contributed by atoms with Crippen LogP contribution in [-0.2, 0) is 23.3 Å². The fraction of sp³-hybridized carbons (Fsp3) is 0.304. The molecule has 1 aliphatic carbocycles. The molecule has 1 aromatic heterocycles. The lowest BCUT2D eigenvalue weighted by molar-refractivity contribution is -0.126. The molecule has 0 saturated heterocycles. The molecule has 0 aliphatic heterocycles. The molecule has 0 radical (unpaired) electrons. The van der Waals surface area contributed by atoms with E-state index in [1.54, 1.807) is 6.20 Å². The molecule has 4 rings (SSSR count). The fourth-order valence-electron chi connectivity index (χ4n) is 4.19. The molecule has 1 saturated carbocycles. The summed E-state index contributed by atoms with van der Waals surface area (Å²) in [4.78, 5) is 13.3. The molecule has 5 heteroatoms. The monoisotopic (exact) mass is 437 g/mol.